The lowest BCUT2D eigenvalue weighted by Crippen LogP contribution is -2.37. The van der Waals surface area contributed by atoms with Gasteiger partial charge >= 0.3 is 6.18 Å². The zero-order valence-electron chi connectivity index (χ0n) is 10.2. The molecule has 16 heavy (non-hydrogen) atoms. The third kappa shape index (κ3) is 9.01. The maximum atomic E-state index is 12.0. The van der Waals surface area contributed by atoms with Gasteiger partial charge in [-0.2, -0.15) is 13.2 Å². The Bertz CT molecular complexity index is 157. The molecule has 0 bridgehead atoms. The number of nitrogens with two attached hydrogens (primary N) is 1. The number of rotatable bonds is 9. The molecule has 4 heteroatoms. The lowest BCUT2D eigenvalue weighted by molar-refractivity contribution is -0.149. The van der Waals surface area contributed by atoms with Crippen LogP contribution in [0.4, 0.5) is 13.2 Å². The van der Waals surface area contributed by atoms with Crippen molar-refractivity contribution in [2.24, 2.45) is 5.73 Å². The van der Waals surface area contributed by atoms with E-state index in [1.165, 1.54) is 25.7 Å². The first kappa shape index (κ1) is 15.8. The average molecular weight is 239 g/mol. The first-order valence-corrected chi connectivity index (χ1v) is 6.30. The SMILES string of the molecule is CCCCCCCCCC[C@@H](N)C(F)(F)F. The molecule has 0 amide bonds. The monoisotopic (exact) mass is 239 g/mol. The summed E-state index contributed by atoms with van der Waals surface area (Å²) in [6.45, 7) is 2.17. The van der Waals surface area contributed by atoms with Crippen molar-refractivity contribution in [2.75, 3.05) is 0 Å². The van der Waals surface area contributed by atoms with Crippen LogP contribution in [-0.2, 0) is 0 Å². The van der Waals surface area contributed by atoms with Crippen molar-refractivity contribution in [3.63, 3.8) is 0 Å². The van der Waals surface area contributed by atoms with Gasteiger partial charge in [-0.3, -0.25) is 0 Å². The minimum absolute atomic E-state index is 0.0679. The largest absolute Gasteiger partial charge is 0.403 e. The Kier molecular flexibility index (Phi) is 8.71. The minimum Gasteiger partial charge on any atom is -0.320 e. The molecule has 0 saturated carbocycles. The molecule has 0 rings (SSSR count). The fraction of sp³-hybridized carbons (Fsp3) is 1.00. The lowest BCUT2D eigenvalue weighted by Gasteiger charge is -2.14. The number of hydrogen-bond acceptors (Lipinski definition) is 1. The predicted octanol–water partition coefficient (Wildman–Crippen LogP) is 4.41. The van der Waals surface area contributed by atoms with Crippen LogP contribution in [-0.4, -0.2) is 12.2 Å². The molecule has 0 aromatic rings. The molecule has 0 heterocycles. The first-order chi connectivity index (χ1) is 7.48. The Morgan fingerprint density at radius 3 is 1.75 bits per heavy atom. The maximum absolute atomic E-state index is 12.0. The summed E-state index contributed by atoms with van der Waals surface area (Å²) in [7, 11) is 0. The van der Waals surface area contributed by atoms with E-state index in [0.717, 1.165) is 19.3 Å². The van der Waals surface area contributed by atoms with Crippen LogP contribution in [0.15, 0.2) is 0 Å². The van der Waals surface area contributed by atoms with Gasteiger partial charge in [-0.15, -0.1) is 0 Å². The molecule has 0 radical (unpaired) electrons. The summed E-state index contributed by atoms with van der Waals surface area (Å²) in [4.78, 5) is 0. The third-order valence-corrected chi connectivity index (χ3v) is 2.79. The summed E-state index contributed by atoms with van der Waals surface area (Å²) in [5.41, 5.74) is 5.01. The second kappa shape index (κ2) is 8.85. The fourth-order valence-corrected chi connectivity index (χ4v) is 1.66. The van der Waals surface area contributed by atoms with Crippen molar-refractivity contribution in [3.05, 3.63) is 0 Å². The second-order valence-electron chi connectivity index (χ2n) is 4.41. The zero-order valence-corrected chi connectivity index (χ0v) is 10.2. The summed E-state index contributed by atoms with van der Waals surface area (Å²) >= 11 is 0. The highest BCUT2D eigenvalue weighted by atomic mass is 19.4. The summed E-state index contributed by atoms with van der Waals surface area (Å²) in [5, 5.41) is 0. The normalized spacial score (nSPS) is 14.1. The topological polar surface area (TPSA) is 26.0 Å². The molecule has 0 fully saturated rings. The van der Waals surface area contributed by atoms with Crippen LogP contribution < -0.4 is 5.73 Å². The van der Waals surface area contributed by atoms with E-state index in [4.69, 9.17) is 5.73 Å². The van der Waals surface area contributed by atoms with Crippen LogP contribution in [0.3, 0.4) is 0 Å². The van der Waals surface area contributed by atoms with Gasteiger partial charge in [0, 0.05) is 0 Å². The van der Waals surface area contributed by atoms with Gasteiger partial charge in [0.1, 0.15) is 6.04 Å². The van der Waals surface area contributed by atoms with Gasteiger partial charge in [-0.25, -0.2) is 0 Å². The zero-order chi connectivity index (χ0) is 12.4. The molecule has 0 aromatic carbocycles. The molecular formula is C12H24F3N. The lowest BCUT2D eigenvalue weighted by atomic mass is 10.0. The fourth-order valence-electron chi connectivity index (χ4n) is 1.66. The van der Waals surface area contributed by atoms with Gasteiger partial charge in [0.15, 0.2) is 0 Å². The highest BCUT2D eigenvalue weighted by Crippen LogP contribution is 2.22. The Balaban J connectivity index is 3.21. The van der Waals surface area contributed by atoms with Gasteiger partial charge in [0.05, 0.1) is 0 Å². The van der Waals surface area contributed by atoms with E-state index in [2.05, 4.69) is 6.92 Å². The van der Waals surface area contributed by atoms with E-state index in [9.17, 15) is 13.2 Å². The Morgan fingerprint density at radius 2 is 1.31 bits per heavy atom. The van der Waals surface area contributed by atoms with Gasteiger partial charge < -0.3 is 5.73 Å². The molecule has 0 aliphatic rings. The van der Waals surface area contributed by atoms with Crippen molar-refractivity contribution < 1.29 is 13.2 Å². The Morgan fingerprint density at radius 1 is 0.875 bits per heavy atom. The molecular weight excluding hydrogens is 215 g/mol. The molecule has 2 N–H and O–H groups in total. The van der Waals surface area contributed by atoms with Crippen LogP contribution in [0.25, 0.3) is 0 Å². The highest BCUT2D eigenvalue weighted by Gasteiger charge is 2.35. The van der Waals surface area contributed by atoms with Crippen LogP contribution in [0.2, 0.25) is 0 Å². The molecule has 1 atom stereocenters. The van der Waals surface area contributed by atoms with E-state index >= 15 is 0 Å². The van der Waals surface area contributed by atoms with Crippen molar-refractivity contribution in [3.8, 4) is 0 Å². The Labute approximate surface area is 96.6 Å². The predicted molar refractivity (Wildman–Crippen MR) is 61.3 cm³/mol. The number of halogens is 3. The van der Waals surface area contributed by atoms with Crippen LogP contribution in [0, 0.1) is 0 Å². The summed E-state index contributed by atoms with van der Waals surface area (Å²) in [6.07, 6.45) is 4.43. The summed E-state index contributed by atoms with van der Waals surface area (Å²) < 4.78 is 36.1. The quantitative estimate of drug-likeness (QED) is 0.593. The third-order valence-electron chi connectivity index (χ3n) is 2.79. The molecule has 0 spiro atoms. The summed E-state index contributed by atoms with van der Waals surface area (Å²) in [6, 6.07) is -1.63. The molecule has 0 aliphatic heterocycles. The van der Waals surface area contributed by atoms with Crippen LogP contribution in [0.1, 0.15) is 64.7 Å². The van der Waals surface area contributed by atoms with Crippen LogP contribution >= 0.6 is 0 Å². The van der Waals surface area contributed by atoms with E-state index in [0.29, 0.717) is 6.42 Å². The Hall–Kier alpha value is -0.250. The van der Waals surface area contributed by atoms with Crippen molar-refractivity contribution >= 4 is 0 Å². The molecule has 0 saturated heterocycles. The van der Waals surface area contributed by atoms with E-state index in [-0.39, 0.29) is 6.42 Å². The molecule has 1 nitrogen and oxygen atoms in total. The second-order valence-corrected chi connectivity index (χ2v) is 4.41. The average Bonchev–Trinajstić information content (AvgIpc) is 2.20. The van der Waals surface area contributed by atoms with Crippen LogP contribution in [0.5, 0.6) is 0 Å². The molecule has 0 aliphatic carbocycles. The van der Waals surface area contributed by atoms with E-state index in [1.54, 1.807) is 0 Å². The molecule has 98 valence electrons. The molecule has 0 aromatic heterocycles. The van der Waals surface area contributed by atoms with E-state index < -0.39 is 12.2 Å². The smallest absolute Gasteiger partial charge is 0.320 e. The number of unbranched alkanes of at least 4 members (excludes halogenated alkanes) is 7. The van der Waals surface area contributed by atoms with Gasteiger partial charge in [0.2, 0.25) is 0 Å². The van der Waals surface area contributed by atoms with E-state index in [1.807, 2.05) is 0 Å². The highest BCUT2D eigenvalue weighted by molar-refractivity contribution is 4.69. The summed E-state index contributed by atoms with van der Waals surface area (Å²) in [5.74, 6) is 0. The van der Waals surface area contributed by atoms with Gasteiger partial charge in [0.25, 0.3) is 0 Å². The molecule has 0 unspecified atom stereocenters. The van der Waals surface area contributed by atoms with Crippen molar-refractivity contribution in [2.45, 2.75) is 76.9 Å². The van der Waals surface area contributed by atoms with Crippen molar-refractivity contribution in [1.29, 1.82) is 0 Å². The maximum Gasteiger partial charge on any atom is 0.403 e. The van der Waals surface area contributed by atoms with Crippen molar-refractivity contribution in [1.82, 2.24) is 0 Å². The first-order valence-electron chi connectivity index (χ1n) is 6.30. The minimum atomic E-state index is -4.22. The standard InChI is InChI=1S/C12H24F3N/c1-2-3-4-5-6-7-8-9-10-11(16)12(13,14)15/h11H,2-10,16H2,1H3/t11-/m1/s1. The van der Waals surface area contributed by atoms with Gasteiger partial charge in [-0.1, -0.05) is 58.3 Å². The van der Waals surface area contributed by atoms with Gasteiger partial charge in [-0.05, 0) is 6.42 Å². The number of alkyl halides is 3. The number of hydrogen-bond donors (Lipinski definition) is 1.